The summed E-state index contributed by atoms with van der Waals surface area (Å²) in [6, 6.07) is 2.08. The van der Waals surface area contributed by atoms with E-state index in [1.165, 1.54) is 12.8 Å². The molecule has 0 fully saturated rings. The zero-order valence-electron chi connectivity index (χ0n) is 13.9. The summed E-state index contributed by atoms with van der Waals surface area (Å²) in [7, 11) is 5.38. The van der Waals surface area contributed by atoms with E-state index in [4.69, 9.17) is 4.74 Å². The van der Waals surface area contributed by atoms with E-state index >= 15 is 0 Å². The number of aromatic nitrogens is 1. The zero-order valence-corrected chi connectivity index (χ0v) is 15.5. The fraction of sp³-hybridized carbons (Fsp3) is 0.600. The van der Waals surface area contributed by atoms with Gasteiger partial charge in [-0.1, -0.05) is 6.92 Å². The number of aliphatic imine (C=N–C) groups is 1. The average Bonchev–Trinajstić information content (AvgIpc) is 2.79. The summed E-state index contributed by atoms with van der Waals surface area (Å²) in [5.74, 6) is 0.278. The highest BCUT2D eigenvalue weighted by molar-refractivity contribution is 9.10. The van der Waals surface area contributed by atoms with Crippen LogP contribution in [0.5, 0.6) is 0 Å². The number of hydrogen-bond donors (Lipinski definition) is 1. The van der Waals surface area contributed by atoms with Crippen LogP contribution in [-0.2, 0) is 23.1 Å². The molecule has 1 unspecified atom stereocenters. The number of guanidine groups is 1. The van der Waals surface area contributed by atoms with Crippen LogP contribution in [0.15, 0.2) is 21.7 Å². The van der Waals surface area contributed by atoms with Gasteiger partial charge in [-0.2, -0.15) is 0 Å². The van der Waals surface area contributed by atoms with Crippen LogP contribution in [0, 0.1) is 5.92 Å². The van der Waals surface area contributed by atoms with Gasteiger partial charge in [-0.3, -0.25) is 9.79 Å². The molecule has 124 valence electrons. The largest absolute Gasteiger partial charge is 0.469 e. The van der Waals surface area contributed by atoms with Gasteiger partial charge < -0.3 is 19.5 Å². The molecule has 0 radical (unpaired) electrons. The van der Waals surface area contributed by atoms with E-state index < -0.39 is 0 Å². The van der Waals surface area contributed by atoms with Gasteiger partial charge >= 0.3 is 5.97 Å². The second kappa shape index (κ2) is 8.82. The molecule has 0 saturated carbocycles. The van der Waals surface area contributed by atoms with Crippen LogP contribution in [0.2, 0.25) is 0 Å². The first kappa shape index (κ1) is 18.5. The number of halogens is 1. The lowest BCUT2D eigenvalue weighted by molar-refractivity contribution is -0.144. The normalized spacial score (nSPS) is 12.9. The Morgan fingerprint density at radius 1 is 1.59 bits per heavy atom. The number of ether oxygens (including phenoxy) is 1. The number of nitrogens with zero attached hydrogens (tertiary/aromatic N) is 3. The monoisotopic (exact) mass is 372 g/mol. The van der Waals surface area contributed by atoms with Crippen molar-refractivity contribution in [1.82, 2.24) is 14.8 Å². The number of carbonyl (C=O) groups excluding carboxylic acids is 1. The molecule has 1 atom stereocenters. The molecule has 1 rings (SSSR count). The van der Waals surface area contributed by atoms with Crippen molar-refractivity contribution in [3.63, 3.8) is 0 Å². The van der Waals surface area contributed by atoms with E-state index in [1.807, 2.05) is 39.0 Å². The lowest BCUT2D eigenvalue weighted by Gasteiger charge is -2.22. The Morgan fingerprint density at radius 2 is 2.27 bits per heavy atom. The minimum atomic E-state index is -0.253. The SMILES string of the molecule is CCNC(=NCC(C)C(=O)OC)N(C)Cc1cc(Br)cn1C. The van der Waals surface area contributed by atoms with Gasteiger partial charge in [0.2, 0.25) is 0 Å². The van der Waals surface area contributed by atoms with Gasteiger partial charge in [-0.15, -0.1) is 0 Å². The number of rotatable bonds is 6. The molecular formula is C15H25BrN4O2. The highest BCUT2D eigenvalue weighted by Gasteiger charge is 2.14. The van der Waals surface area contributed by atoms with E-state index in [0.717, 1.165) is 23.5 Å². The summed E-state index contributed by atoms with van der Waals surface area (Å²) >= 11 is 3.48. The molecule has 1 aromatic rings. The van der Waals surface area contributed by atoms with Gasteiger partial charge in [-0.05, 0) is 28.9 Å². The Morgan fingerprint density at radius 3 is 2.77 bits per heavy atom. The Balaban J connectivity index is 2.76. The predicted octanol–water partition coefficient (Wildman–Crippen LogP) is 1.99. The molecule has 0 aliphatic rings. The van der Waals surface area contributed by atoms with E-state index in [-0.39, 0.29) is 11.9 Å². The Hall–Kier alpha value is -1.50. The van der Waals surface area contributed by atoms with Gasteiger partial charge in [-0.25, -0.2) is 0 Å². The van der Waals surface area contributed by atoms with Crippen LogP contribution >= 0.6 is 15.9 Å². The third kappa shape index (κ3) is 5.36. The molecule has 0 aliphatic heterocycles. The Kier molecular flexibility index (Phi) is 7.44. The summed E-state index contributed by atoms with van der Waals surface area (Å²) in [6.45, 7) is 5.72. The lowest BCUT2D eigenvalue weighted by Crippen LogP contribution is -2.39. The first-order valence-electron chi connectivity index (χ1n) is 7.27. The standard InChI is InChI=1S/C15H25BrN4O2/c1-6-17-15(18-8-11(2)14(21)22-5)20(4)10-13-7-12(16)9-19(13)3/h7,9,11H,6,8,10H2,1-5H3,(H,17,18). The van der Waals surface area contributed by atoms with E-state index in [1.54, 1.807) is 0 Å². The zero-order chi connectivity index (χ0) is 16.7. The van der Waals surface area contributed by atoms with Crippen LogP contribution in [-0.4, -0.2) is 48.6 Å². The van der Waals surface area contributed by atoms with Crippen molar-refractivity contribution in [2.75, 3.05) is 27.2 Å². The third-order valence-electron chi connectivity index (χ3n) is 3.29. The van der Waals surface area contributed by atoms with Crippen molar-refractivity contribution >= 4 is 27.9 Å². The van der Waals surface area contributed by atoms with Crippen LogP contribution in [0.3, 0.4) is 0 Å². The van der Waals surface area contributed by atoms with E-state index in [2.05, 4.69) is 36.9 Å². The van der Waals surface area contributed by atoms with Gasteiger partial charge in [0.05, 0.1) is 26.1 Å². The number of methoxy groups -OCH3 is 1. The maximum atomic E-state index is 11.5. The summed E-state index contributed by atoms with van der Waals surface area (Å²) < 4.78 is 7.85. The molecule has 0 aromatic carbocycles. The second-order valence-corrected chi connectivity index (χ2v) is 6.15. The van der Waals surface area contributed by atoms with Gasteiger partial charge in [0.25, 0.3) is 0 Å². The highest BCUT2D eigenvalue weighted by atomic mass is 79.9. The topological polar surface area (TPSA) is 58.9 Å². The smallest absolute Gasteiger partial charge is 0.310 e. The van der Waals surface area contributed by atoms with Crippen molar-refractivity contribution in [3.8, 4) is 0 Å². The average molecular weight is 373 g/mol. The van der Waals surface area contributed by atoms with E-state index in [9.17, 15) is 4.79 Å². The minimum Gasteiger partial charge on any atom is -0.469 e. The molecule has 22 heavy (non-hydrogen) atoms. The van der Waals surface area contributed by atoms with Crippen molar-refractivity contribution in [3.05, 3.63) is 22.4 Å². The number of esters is 1. The van der Waals surface area contributed by atoms with Crippen molar-refractivity contribution in [1.29, 1.82) is 0 Å². The molecule has 0 spiro atoms. The van der Waals surface area contributed by atoms with Gasteiger partial charge in [0.1, 0.15) is 0 Å². The molecular weight excluding hydrogens is 348 g/mol. The number of carbonyl (C=O) groups is 1. The van der Waals surface area contributed by atoms with E-state index in [0.29, 0.717) is 6.54 Å². The fourth-order valence-corrected chi connectivity index (χ4v) is 2.58. The molecule has 0 bridgehead atoms. The first-order chi connectivity index (χ1) is 10.4. The molecule has 1 heterocycles. The van der Waals surface area contributed by atoms with Crippen molar-refractivity contribution in [2.45, 2.75) is 20.4 Å². The van der Waals surface area contributed by atoms with Gasteiger partial charge in [0.15, 0.2) is 5.96 Å². The second-order valence-electron chi connectivity index (χ2n) is 5.24. The molecule has 0 aliphatic carbocycles. The van der Waals surface area contributed by atoms with Crippen LogP contribution in [0.1, 0.15) is 19.5 Å². The Bertz CT molecular complexity index is 528. The maximum Gasteiger partial charge on any atom is 0.310 e. The minimum absolute atomic E-state index is 0.242. The highest BCUT2D eigenvalue weighted by Crippen LogP contribution is 2.15. The Labute approximate surface area is 140 Å². The van der Waals surface area contributed by atoms with Crippen molar-refractivity contribution < 1.29 is 9.53 Å². The molecule has 6 nitrogen and oxygen atoms in total. The summed E-state index contributed by atoms with van der Waals surface area (Å²) in [5, 5.41) is 3.24. The number of aryl methyl sites for hydroxylation is 1. The first-order valence-corrected chi connectivity index (χ1v) is 8.06. The van der Waals surface area contributed by atoms with Crippen LogP contribution in [0.4, 0.5) is 0 Å². The van der Waals surface area contributed by atoms with Crippen molar-refractivity contribution in [2.24, 2.45) is 18.0 Å². The summed E-state index contributed by atoms with van der Waals surface area (Å²) in [4.78, 5) is 18.0. The van der Waals surface area contributed by atoms with Gasteiger partial charge in [0, 0.05) is 37.0 Å². The van der Waals surface area contributed by atoms with Crippen LogP contribution in [0.25, 0.3) is 0 Å². The summed E-state index contributed by atoms with van der Waals surface area (Å²) in [6.07, 6.45) is 2.02. The predicted molar refractivity (Wildman–Crippen MR) is 91.7 cm³/mol. The quantitative estimate of drug-likeness (QED) is 0.471. The number of nitrogens with one attached hydrogen (secondary N) is 1. The molecule has 7 heteroatoms. The maximum absolute atomic E-state index is 11.5. The molecule has 0 amide bonds. The molecule has 1 N–H and O–H groups in total. The molecule has 0 saturated heterocycles. The van der Waals surface area contributed by atoms with Crippen LogP contribution < -0.4 is 5.32 Å². The summed E-state index contributed by atoms with van der Waals surface area (Å²) in [5.41, 5.74) is 1.17. The third-order valence-corrected chi connectivity index (χ3v) is 3.72. The number of hydrogen-bond acceptors (Lipinski definition) is 3. The molecule has 1 aromatic heterocycles. The lowest BCUT2D eigenvalue weighted by atomic mass is 10.2. The fourth-order valence-electron chi connectivity index (χ4n) is 2.01.